The Labute approximate surface area is 194 Å². The van der Waals surface area contributed by atoms with Crippen LogP contribution in [-0.2, 0) is 31.6 Å². The van der Waals surface area contributed by atoms with Crippen molar-refractivity contribution in [3.63, 3.8) is 0 Å². The van der Waals surface area contributed by atoms with Crippen LogP contribution in [0.2, 0.25) is 0 Å². The van der Waals surface area contributed by atoms with E-state index in [1.54, 1.807) is 13.8 Å². The second-order valence-corrected chi connectivity index (χ2v) is 12.0. The maximum Gasteiger partial charge on any atom is 0.490 e. The summed E-state index contributed by atoms with van der Waals surface area (Å²) in [6.07, 6.45) is -6.45. The fraction of sp³-hybridized carbons (Fsp3) is 0.615. The third-order valence-electron chi connectivity index (χ3n) is 4.52. The number of imidazole rings is 1. The van der Waals surface area contributed by atoms with Crippen LogP contribution in [0.1, 0.15) is 31.8 Å². The van der Waals surface area contributed by atoms with Gasteiger partial charge in [-0.15, -0.1) is 0 Å². The van der Waals surface area contributed by atoms with Gasteiger partial charge in [-0.05, 0) is 0 Å². The number of aromatic nitrogens is 4. The zero-order chi connectivity index (χ0) is 26.5. The van der Waals surface area contributed by atoms with Crippen molar-refractivity contribution >= 4 is 40.6 Å². The number of phosphoric ester groups is 1. The minimum absolute atomic E-state index is 0.0836. The number of nitrogen functional groups attached to an aromatic ring is 1. The molecule has 1 aliphatic heterocycles. The highest BCUT2D eigenvalue weighted by Gasteiger charge is 2.47. The topological polar surface area (TPSA) is 299 Å². The van der Waals surface area contributed by atoms with Crippen LogP contribution in [0.3, 0.4) is 0 Å². The van der Waals surface area contributed by atoms with Crippen molar-refractivity contribution in [1.82, 2.24) is 19.5 Å². The zero-order valence-corrected chi connectivity index (χ0v) is 20.5. The second kappa shape index (κ2) is 9.72. The van der Waals surface area contributed by atoms with Gasteiger partial charge in [-0.3, -0.25) is 18.9 Å². The molecule has 0 bridgehead atoms. The number of anilines is 1. The molecule has 19 nitrogen and oxygen atoms in total. The first-order chi connectivity index (χ1) is 15.9. The molecule has 0 amide bonds. The number of hydrogen-bond donors (Lipinski definition) is 8. The molecule has 22 heteroatoms. The summed E-state index contributed by atoms with van der Waals surface area (Å²) in [5, 5.41) is 20.9. The summed E-state index contributed by atoms with van der Waals surface area (Å²) >= 11 is 0. The van der Waals surface area contributed by atoms with Crippen molar-refractivity contribution in [2.75, 3.05) is 12.3 Å². The molecule has 2 aromatic heterocycles. The van der Waals surface area contributed by atoms with E-state index in [4.69, 9.17) is 20.3 Å². The average molecular weight is 565 g/mol. The van der Waals surface area contributed by atoms with Gasteiger partial charge in [0.05, 0.1) is 6.61 Å². The third-order valence-corrected chi connectivity index (χ3v) is 8.32. The smallest absolute Gasteiger partial charge is 0.387 e. The van der Waals surface area contributed by atoms with Crippen LogP contribution in [0, 0.1) is 0 Å². The SMILES string of the molecule is CC(C)c1nc2c(=O)[nH]c(N)nc2n1[C@@H]1O[C@H](COP(=O)(O)OP(=O)(O)OP(=O)(O)O)[C@@H](O)[C@H]1O. The summed E-state index contributed by atoms with van der Waals surface area (Å²) in [5.74, 6) is -0.392. The number of aliphatic hydroxyl groups is 2. The summed E-state index contributed by atoms with van der Waals surface area (Å²) in [7, 11) is -16.8. The summed E-state index contributed by atoms with van der Waals surface area (Å²) in [4.78, 5) is 58.6. The van der Waals surface area contributed by atoms with E-state index >= 15 is 0 Å². The van der Waals surface area contributed by atoms with Crippen molar-refractivity contribution in [3.8, 4) is 0 Å². The fourth-order valence-corrected chi connectivity index (χ4v) is 6.26. The van der Waals surface area contributed by atoms with E-state index in [1.807, 2.05) is 0 Å². The number of hydrogen-bond acceptors (Lipinski definition) is 13. The fourth-order valence-electron chi connectivity index (χ4n) is 3.23. The zero-order valence-electron chi connectivity index (χ0n) is 17.8. The summed E-state index contributed by atoms with van der Waals surface area (Å²) in [5.41, 5.74) is 4.70. The lowest BCUT2D eigenvalue weighted by Gasteiger charge is -2.21. The first-order valence-corrected chi connectivity index (χ1v) is 14.0. The molecule has 1 saturated heterocycles. The molecule has 6 atom stereocenters. The number of phosphoric acid groups is 3. The van der Waals surface area contributed by atoms with Gasteiger partial charge in [0, 0.05) is 5.92 Å². The molecule has 0 spiro atoms. The van der Waals surface area contributed by atoms with Crippen LogP contribution >= 0.6 is 23.5 Å². The predicted octanol–water partition coefficient (Wildman–Crippen LogP) is -1.21. The minimum Gasteiger partial charge on any atom is -0.387 e. The second-order valence-electron chi connectivity index (χ2n) is 7.55. The molecule has 1 aliphatic rings. The monoisotopic (exact) mass is 565 g/mol. The number of H-pyrrole nitrogens is 1. The molecule has 1 fully saturated rings. The molecule has 2 unspecified atom stereocenters. The van der Waals surface area contributed by atoms with E-state index in [-0.39, 0.29) is 28.9 Å². The Bertz CT molecular complexity index is 1300. The highest BCUT2D eigenvalue weighted by Crippen LogP contribution is 2.66. The Morgan fingerprint density at radius 1 is 1.09 bits per heavy atom. The van der Waals surface area contributed by atoms with Gasteiger partial charge in [-0.2, -0.15) is 13.6 Å². The molecule has 0 radical (unpaired) electrons. The van der Waals surface area contributed by atoms with Crippen LogP contribution in [0.25, 0.3) is 11.2 Å². The molecule has 0 aromatic carbocycles. The van der Waals surface area contributed by atoms with Gasteiger partial charge in [0.15, 0.2) is 17.4 Å². The number of nitrogens with zero attached hydrogens (tertiary/aromatic N) is 3. The van der Waals surface area contributed by atoms with Crippen LogP contribution in [0.15, 0.2) is 4.79 Å². The molecule has 35 heavy (non-hydrogen) atoms. The van der Waals surface area contributed by atoms with Gasteiger partial charge in [0.1, 0.15) is 24.1 Å². The Balaban J connectivity index is 1.83. The number of rotatable bonds is 9. The lowest BCUT2D eigenvalue weighted by atomic mass is 10.1. The highest BCUT2D eigenvalue weighted by molar-refractivity contribution is 7.66. The maximum absolute atomic E-state index is 12.2. The van der Waals surface area contributed by atoms with Gasteiger partial charge in [0.2, 0.25) is 5.95 Å². The molecule has 3 rings (SSSR count). The number of nitrogens with two attached hydrogens (primary N) is 1. The first kappa shape index (κ1) is 28.0. The van der Waals surface area contributed by atoms with Gasteiger partial charge in [-0.1, -0.05) is 13.8 Å². The Kier molecular flexibility index (Phi) is 7.78. The van der Waals surface area contributed by atoms with E-state index < -0.39 is 60.2 Å². The normalized spacial score (nSPS) is 26.8. The van der Waals surface area contributed by atoms with Gasteiger partial charge in [-0.25, -0.2) is 18.7 Å². The summed E-state index contributed by atoms with van der Waals surface area (Å²) in [6.45, 7) is 2.40. The number of aromatic amines is 1. The highest BCUT2D eigenvalue weighted by atomic mass is 31.3. The predicted molar refractivity (Wildman–Crippen MR) is 112 cm³/mol. The van der Waals surface area contributed by atoms with Crippen molar-refractivity contribution < 1.29 is 61.4 Å². The Morgan fingerprint density at radius 2 is 1.71 bits per heavy atom. The molecule has 3 heterocycles. The number of fused-ring (bicyclic) bond motifs is 1. The Hall–Kier alpha value is -1.56. The largest absolute Gasteiger partial charge is 0.490 e. The van der Waals surface area contributed by atoms with Gasteiger partial charge >= 0.3 is 23.5 Å². The molecule has 2 aromatic rings. The first-order valence-electron chi connectivity index (χ1n) is 9.48. The molecular formula is C13H22N5O14P3. The van der Waals surface area contributed by atoms with Gasteiger partial charge < -0.3 is 40.3 Å². The van der Waals surface area contributed by atoms with E-state index in [0.29, 0.717) is 0 Å². The maximum atomic E-state index is 12.2. The molecule has 0 aliphatic carbocycles. The van der Waals surface area contributed by atoms with Crippen molar-refractivity contribution in [2.24, 2.45) is 0 Å². The van der Waals surface area contributed by atoms with Crippen LogP contribution < -0.4 is 11.3 Å². The van der Waals surface area contributed by atoms with Gasteiger partial charge in [0.25, 0.3) is 5.56 Å². The quantitative estimate of drug-likeness (QED) is 0.165. The van der Waals surface area contributed by atoms with Crippen molar-refractivity contribution in [1.29, 1.82) is 0 Å². The average Bonchev–Trinajstić information content (AvgIpc) is 3.16. The van der Waals surface area contributed by atoms with Crippen LogP contribution in [-0.4, -0.2) is 74.2 Å². The van der Waals surface area contributed by atoms with Crippen LogP contribution in [0.5, 0.6) is 0 Å². The number of ether oxygens (including phenoxy) is 1. The molecule has 198 valence electrons. The van der Waals surface area contributed by atoms with Crippen molar-refractivity contribution in [3.05, 3.63) is 16.2 Å². The lowest BCUT2D eigenvalue weighted by Crippen LogP contribution is -2.34. The summed E-state index contributed by atoms with van der Waals surface area (Å²) in [6, 6.07) is 0. The molecule has 0 saturated carbocycles. The summed E-state index contributed by atoms with van der Waals surface area (Å²) < 4.78 is 52.5. The molecule has 9 N–H and O–H groups in total. The number of nitrogens with one attached hydrogen (secondary N) is 1. The number of aliphatic hydroxyl groups excluding tert-OH is 2. The lowest BCUT2D eigenvalue weighted by molar-refractivity contribution is -0.0517. The minimum atomic E-state index is -5.75. The Morgan fingerprint density at radius 3 is 2.29 bits per heavy atom. The third kappa shape index (κ3) is 6.42. The van der Waals surface area contributed by atoms with E-state index in [2.05, 4.69) is 28.1 Å². The molecular weight excluding hydrogens is 543 g/mol. The van der Waals surface area contributed by atoms with Crippen LogP contribution in [0.4, 0.5) is 5.95 Å². The van der Waals surface area contributed by atoms with E-state index in [9.17, 15) is 38.5 Å². The standard InChI is InChI=1S/C13H22N5O14P3/c1-4(2)9-15-6-10(16-13(14)17-11(6)21)18(9)12-8(20)7(19)5(30-12)3-29-34(25,26)32-35(27,28)31-33(22,23)24/h4-5,7-8,12,19-20H,3H2,1-2H3,(H,25,26)(H,27,28)(H2,22,23,24)(H3,14,16,17,21)/t5-,7-,8-,12-/m1/s1. The van der Waals surface area contributed by atoms with E-state index in [0.717, 1.165) is 0 Å². The van der Waals surface area contributed by atoms with Crippen molar-refractivity contribution in [2.45, 2.75) is 44.3 Å². The van der Waals surface area contributed by atoms with E-state index in [1.165, 1.54) is 4.57 Å².